The van der Waals surface area contributed by atoms with Crippen molar-refractivity contribution in [3.05, 3.63) is 29.3 Å². The van der Waals surface area contributed by atoms with Gasteiger partial charge in [-0.3, -0.25) is 0 Å². The molecular formula is C16H18O6. The largest absolute Gasteiger partial charge is 0.507 e. The molecule has 6 nitrogen and oxygen atoms in total. The molecule has 1 aromatic carbocycles. The van der Waals surface area contributed by atoms with Crippen molar-refractivity contribution in [2.45, 2.75) is 31.2 Å². The van der Waals surface area contributed by atoms with E-state index in [0.29, 0.717) is 16.9 Å². The molecule has 2 aliphatic rings. The predicted molar refractivity (Wildman–Crippen MR) is 77.9 cm³/mol. The Morgan fingerprint density at radius 3 is 2.73 bits per heavy atom. The maximum Gasteiger partial charge on any atom is 0.343 e. The monoisotopic (exact) mass is 306 g/mol. The average molecular weight is 306 g/mol. The van der Waals surface area contributed by atoms with Gasteiger partial charge in [0.15, 0.2) is 0 Å². The molecule has 0 amide bonds. The number of methoxy groups -OCH3 is 2. The van der Waals surface area contributed by atoms with Crippen molar-refractivity contribution in [2.24, 2.45) is 0 Å². The van der Waals surface area contributed by atoms with Gasteiger partial charge < -0.3 is 24.4 Å². The van der Waals surface area contributed by atoms with Gasteiger partial charge in [0.25, 0.3) is 0 Å². The molecule has 118 valence electrons. The maximum atomic E-state index is 12.3. The van der Waals surface area contributed by atoms with Crippen LogP contribution in [0.25, 0.3) is 5.57 Å². The summed E-state index contributed by atoms with van der Waals surface area (Å²) < 4.78 is 15.9. The molecule has 0 aromatic heterocycles. The molecule has 1 aromatic rings. The highest BCUT2D eigenvalue weighted by molar-refractivity contribution is 6.03. The van der Waals surface area contributed by atoms with Crippen LogP contribution in [0.1, 0.15) is 29.3 Å². The van der Waals surface area contributed by atoms with Crippen LogP contribution in [0.4, 0.5) is 0 Å². The molecule has 0 radical (unpaired) electrons. The third-order valence-electron chi connectivity index (χ3n) is 4.29. The third-order valence-corrected chi connectivity index (χ3v) is 4.29. The molecule has 1 aliphatic carbocycles. The lowest BCUT2D eigenvalue weighted by Crippen LogP contribution is -2.47. The summed E-state index contributed by atoms with van der Waals surface area (Å²) in [5.74, 6) is -0.366. The first-order chi connectivity index (χ1) is 10.4. The Morgan fingerprint density at radius 1 is 1.36 bits per heavy atom. The highest BCUT2D eigenvalue weighted by Crippen LogP contribution is 2.47. The minimum Gasteiger partial charge on any atom is -0.507 e. The number of carbonyl (C=O) groups excluding carboxylic acids is 1. The first-order valence-electron chi connectivity index (χ1n) is 6.97. The lowest BCUT2D eigenvalue weighted by molar-refractivity contribution is -0.0489. The fourth-order valence-corrected chi connectivity index (χ4v) is 3.17. The predicted octanol–water partition coefficient (Wildman–Crippen LogP) is 1.49. The summed E-state index contributed by atoms with van der Waals surface area (Å²) >= 11 is 0. The van der Waals surface area contributed by atoms with Crippen LogP contribution in [0.15, 0.2) is 18.2 Å². The Hall–Kier alpha value is -2.05. The molecule has 1 heterocycles. The quantitative estimate of drug-likeness (QED) is 0.805. The van der Waals surface area contributed by atoms with Gasteiger partial charge in [0, 0.05) is 30.7 Å². The molecule has 2 N–H and O–H groups in total. The zero-order valence-corrected chi connectivity index (χ0v) is 12.6. The number of phenols is 1. The minimum atomic E-state index is -0.961. The van der Waals surface area contributed by atoms with Crippen LogP contribution in [0.3, 0.4) is 0 Å². The number of rotatable bonds is 2. The normalized spacial score (nSPS) is 30.0. The maximum absolute atomic E-state index is 12.3. The SMILES string of the molecule is COc1cc(O)c2c(c1)C1=CC(OC)C(O)CC1(C)OC2=O. The number of phenolic OH excluding ortho intramolecular Hbond substituents is 1. The van der Waals surface area contributed by atoms with Crippen molar-refractivity contribution < 1.29 is 29.2 Å². The fourth-order valence-electron chi connectivity index (χ4n) is 3.17. The van der Waals surface area contributed by atoms with Gasteiger partial charge in [-0.15, -0.1) is 0 Å². The number of aliphatic hydroxyl groups excluding tert-OH is 1. The van der Waals surface area contributed by atoms with Crippen molar-refractivity contribution in [1.29, 1.82) is 0 Å². The Labute approximate surface area is 127 Å². The molecule has 1 aliphatic heterocycles. The van der Waals surface area contributed by atoms with E-state index in [1.807, 2.05) is 0 Å². The molecule has 0 saturated carbocycles. The third kappa shape index (κ3) is 2.07. The highest BCUT2D eigenvalue weighted by atomic mass is 16.6. The van der Waals surface area contributed by atoms with Gasteiger partial charge in [0.1, 0.15) is 28.8 Å². The van der Waals surface area contributed by atoms with E-state index in [-0.39, 0.29) is 17.7 Å². The lowest BCUT2D eigenvalue weighted by Gasteiger charge is -2.43. The summed E-state index contributed by atoms with van der Waals surface area (Å²) in [4.78, 5) is 12.3. The molecule has 3 atom stereocenters. The first kappa shape index (κ1) is 14.9. The van der Waals surface area contributed by atoms with Gasteiger partial charge in [0.2, 0.25) is 0 Å². The first-order valence-corrected chi connectivity index (χ1v) is 6.97. The van der Waals surface area contributed by atoms with E-state index in [1.165, 1.54) is 20.3 Å². The standard InChI is InChI=1S/C16H18O6/c1-16-7-12(18)13(21-3)6-10(16)9-4-8(20-2)5-11(17)14(9)15(19)22-16/h4-6,12-13,17-18H,7H2,1-3H3. The van der Waals surface area contributed by atoms with E-state index in [0.717, 1.165) is 0 Å². The van der Waals surface area contributed by atoms with Crippen molar-refractivity contribution in [3.8, 4) is 11.5 Å². The van der Waals surface area contributed by atoms with Gasteiger partial charge in [-0.25, -0.2) is 4.79 Å². The molecule has 3 rings (SSSR count). The minimum absolute atomic E-state index is 0.107. The van der Waals surface area contributed by atoms with Crippen LogP contribution in [0.2, 0.25) is 0 Å². The molecule has 0 bridgehead atoms. The molecule has 3 unspecified atom stereocenters. The lowest BCUT2D eigenvalue weighted by atomic mass is 9.75. The average Bonchev–Trinajstić information content (AvgIpc) is 2.45. The summed E-state index contributed by atoms with van der Waals surface area (Å²) in [5.41, 5.74) is 0.394. The van der Waals surface area contributed by atoms with Gasteiger partial charge in [-0.05, 0) is 19.1 Å². The molecule has 0 saturated heterocycles. The second-order valence-electron chi connectivity index (χ2n) is 5.74. The Kier molecular flexibility index (Phi) is 3.38. The van der Waals surface area contributed by atoms with Crippen LogP contribution >= 0.6 is 0 Å². The van der Waals surface area contributed by atoms with Crippen LogP contribution in [-0.4, -0.2) is 48.2 Å². The van der Waals surface area contributed by atoms with E-state index in [9.17, 15) is 15.0 Å². The molecule has 22 heavy (non-hydrogen) atoms. The van der Waals surface area contributed by atoms with Crippen molar-refractivity contribution in [2.75, 3.05) is 14.2 Å². The fraction of sp³-hybridized carbons (Fsp3) is 0.438. The van der Waals surface area contributed by atoms with E-state index >= 15 is 0 Å². The Morgan fingerprint density at radius 2 is 2.09 bits per heavy atom. The number of hydrogen-bond donors (Lipinski definition) is 2. The van der Waals surface area contributed by atoms with E-state index in [2.05, 4.69) is 0 Å². The van der Waals surface area contributed by atoms with Gasteiger partial charge >= 0.3 is 5.97 Å². The molecular weight excluding hydrogens is 288 g/mol. The van der Waals surface area contributed by atoms with Crippen molar-refractivity contribution in [1.82, 2.24) is 0 Å². The second-order valence-corrected chi connectivity index (χ2v) is 5.74. The number of aromatic hydroxyl groups is 1. The number of ether oxygens (including phenoxy) is 3. The smallest absolute Gasteiger partial charge is 0.343 e. The van der Waals surface area contributed by atoms with Crippen molar-refractivity contribution >= 4 is 11.5 Å². The topological polar surface area (TPSA) is 85.2 Å². The van der Waals surface area contributed by atoms with Crippen molar-refractivity contribution in [3.63, 3.8) is 0 Å². The zero-order valence-electron chi connectivity index (χ0n) is 12.6. The van der Waals surface area contributed by atoms with Gasteiger partial charge in [-0.1, -0.05) is 0 Å². The van der Waals surface area contributed by atoms with Crippen LogP contribution in [-0.2, 0) is 9.47 Å². The number of aliphatic hydroxyl groups is 1. The molecule has 0 spiro atoms. The second kappa shape index (κ2) is 5.00. The zero-order chi connectivity index (χ0) is 16.1. The van der Waals surface area contributed by atoms with Gasteiger partial charge in [-0.2, -0.15) is 0 Å². The summed E-state index contributed by atoms with van der Waals surface area (Å²) in [6, 6.07) is 3.05. The molecule has 6 heteroatoms. The number of benzene rings is 1. The molecule has 0 fully saturated rings. The Bertz CT molecular complexity index is 665. The number of hydrogen-bond acceptors (Lipinski definition) is 6. The van der Waals surface area contributed by atoms with Crippen LogP contribution < -0.4 is 4.74 Å². The summed E-state index contributed by atoms with van der Waals surface area (Å²) in [6.07, 6.45) is 0.687. The number of fused-ring (bicyclic) bond motifs is 3. The van der Waals surface area contributed by atoms with E-state index in [4.69, 9.17) is 14.2 Å². The van der Waals surface area contributed by atoms with Gasteiger partial charge in [0.05, 0.1) is 13.2 Å². The highest BCUT2D eigenvalue weighted by Gasteiger charge is 2.47. The Balaban J connectivity index is 2.25. The number of carbonyl (C=O) groups is 1. The summed E-state index contributed by atoms with van der Waals surface area (Å²) in [6.45, 7) is 1.74. The van der Waals surface area contributed by atoms with E-state index < -0.39 is 23.8 Å². The number of esters is 1. The van der Waals surface area contributed by atoms with Crippen LogP contribution in [0.5, 0.6) is 11.5 Å². The summed E-state index contributed by atoms with van der Waals surface area (Å²) in [7, 11) is 2.99. The summed E-state index contributed by atoms with van der Waals surface area (Å²) in [5, 5.41) is 20.2. The van der Waals surface area contributed by atoms with Crippen LogP contribution in [0, 0.1) is 0 Å². The van der Waals surface area contributed by atoms with E-state index in [1.54, 1.807) is 19.1 Å².